The zero-order chi connectivity index (χ0) is 48.1. The summed E-state index contributed by atoms with van der Waals surface area (Å²) in [5.74, 6) is -8.65. The molecule has 6 atom stereocenters. The Morgan fingerprint density at radius 2 is 1.23 bits per heavy atom. The van der Waals surface area contributed by atoms with E-state index in [0.29, 0.717) is 5.56 Å². The molecule has 0 bridgehead atoms. The van der Waals surface area contributed by atoms with Crippen molar-refractivity contribution in [2.75, 3.05) is 13.1 Å². The molecule has 6 unspecified atom stereocenters. The van der Waals surface area contributed by atoms with Gasteiger partial charge in [0.25, 0.3) is 0 Å². The van der Waals surface area contributed by atoms with Crippen molar-refractivity contribution in [2.45, 2.75) is 122 Å². The number of guanidine groups is 1. The molecule has 23 nitrogen and oxygen atoms in total. The van der Waals surface area contributed by atoms with Crippen molar-refractivity contribution in [3.63, 3.8) is 0 Å². The number of benzene rings is 1. The number of nitrogens with one attached hydrogen (secondary N) is 7. The number of hydrogen-bond donors (Lipinski definition) is 13. The van der Waals surface area contributed by atoms with Gasteiger partial charge in [0.1, 0.15) is 30.2 Å². The summed E-state index contributed by atoms with van der Waals surface area (Å²) in [4.78, 5) is 123. The number of carbonyl (C=O) groups excluding carboxylic acids is 7. The van der Waals surface area contributed by atoms with Gasteiger partial charge >= 0.3 is 11.9 Å². The third kappa shape index (κ3) is 19.5. The Morgan fingerprint density at radius 3 is 1.84 bits per heavy atom. The molecule has 0 saturated carbocycles. The van der Waals surface area contributed by atoms with Gasteiger partial charge in [-0.25, -0.2) is 4.79 Å². The van der Waals surface area contributed by atoms with Crippen molar-refractivity contribution in [3.05, 3.63) is 36.0 Å². The van der Waals surface area contributed by atoms with E-state index in [1.165, 1.54) is 0 Å². The van der Waals surface area contributed by atoms with Crippen LogP contribution in [0.5, 0.6) is 0 Å². The lowest BCUT2D eigenvalue weighted by molar-refractivity contribution is -0.143. The van der Waals surface area contributed by atoms with Gasteiger partial charge in [0, 0.05) is 42.9 Å². The number of rotatable bonds is 29. The topological polar surface area (TPSA) is 398 Å². The highest BCUT2D eigenvalue weighted by Crippen LogP contribution is 2.20. The molecule has 0 fully saturated rings. The van der Waals surface area contributed by atoms with Crippen molar-refractivity contribution >= 4 is 70.2 Å². The zero-order valence-corrected chi connectivity index (χ0v) is 36.6. The van der Waals surface area contributed by atoms with Crippen molar-refractivity contribution in [3.8, 4) is 0 Å². The average molecular weight is 901 g/mol. The molecule has 2 aromatic rings. The molecular weight excluding hydrogens is 837 g/mol. The third-order valence-electron chi connectivity index (χ3n) is 9.73. The first kappa shape index (κ1) is 53.4. The maximum Gasteiger partial charge on any atom is 0.326 e. The number of aromatic nitrogens is 1. The van der Waals surface area contributed by atoms with Crippen molar-refractivity contribution in [1.29, 1.82) is 0 Å². The smallest absolute Gasteiger partial charge is 0.326 e. The molecular formula is C41H64N12O11. The standard InChI is InChI=1S/C41H64N12O11/c1-21(2)16-29(38(61)53-31(40(63)64)17-22(3)4)52-37(60)27(10-7-15-46-41(44)45)51-39(62)30(18-23-19-47-26-9-6-5-8-24(23)26)49-33(55)20-48-36(59)28(12-13-32(43)54)50-35(58)25(42)11-14-34(56)57/h5-6,8-9,19,21-22,25,27-31,47H,7,10-18,20,42H2,1-4H3,(H2,43,54)(H,48,59)(H,49,55)(H,50,58)(H,51,62)(H,52,60)(H,53,61)(H,56,57)(H,63,64)(H4,44,45,46). The Kier molecular flexibility index (Phi) is 22.2. The SMILES string of the molecule is CC(C)CC(NC(=O)C(CC(C)C)NC(=O)C(CCCN=C(N)N)NC(=O)C(Cc1c[nH]c2ccccc12)NC(=O)CNC(=O)C(CCC(N)=O)NC(=O)C(N)CCC(=O)O)C(=O)O. The molecule has 354 valence electrons. The number of H-pyrrole nitrogens is 1. The number of aromatic amines is 1. The monoisotopic (exact) mass is 900 g/mol. The highest BCUT2D eigenvalue weighted by molar-refractivity contribution is 5.97. The molecule has 0 aliphatic carbocycles. The molecule has 2 rings (SSSR count). The van der Waals surface area contributed by atoms with Crippen LogP contribution in [-0.2, 0) is 49.6 Å². The first-order chi connectivity index (χ1) is 30.1. The van der Waals surface area contributed by atoms with Crippen LogP contribution in [0.1, 0.15) is 84.6 Å². The van der Waals surface area contributed by atoms with Crippen LogP contribution in [0.15, 0.2) is 35.5 Å². The van der Waals surface area contributed by atoms with Crippen LogP contribution in [0.25, 0.3) is 10.9 Å². The molecule has 1 heterocycles. The number of nitrogens with zero attached hydrogens (tertiary/aromatic N) is 1. The van der Waals surface area contributed by atoms with Gasteiger partial charge in [0.2, 0.25) is 41.4 Å². The van der Waals surface area contributed by atoms with Crippen molar-refractivity contribution < 1.29 is 53.4 Å². The third-order valence-corrected chi connectivity index (χ3v) is 9.73. The van der Waals surface area contributed by atoms with Gasteiger partial charge in [0.05, 0.1) is 12.6 Å². The van der Waals surface area contributed by atoms with Gasteiger partial charge in [-0.1, -0.05) is 45.9 Å². The molecule has 0 radical (unpaired) electrons. The van der Waals surface area contributed by atoms with Crippen LogP contribution in [0.2, 0.25) is 0 Å². The lowest BCUT2D eigenvalue weighted by Gasteiger charge is -2.27. The van der Waals surface area contributed by atoms with Gasteiger partial charge in [-0.05, 0) is 62.0 Å². The molecule has 0 aliphatic heterocycles. The molecule has 17 N–H and O–H groups in total. The fourth-order valence-corrected chi connectivity index (χ4v) is 6.49. The van der Waals surface area contributed by atoms with Gasteiger partial charge in [-0.3, -0.25) is 43.3 Å². The predicted molar refractivity (Wildman–Crippen MR) is 234 cm³/mol. The summed E-state index contributed by atoms with van der Waals surface area (Å²) < 4.78 is 0. The zero-order valence-electron chi connectivity index (χ0n) is 36.6. The number of amides is 7. The van der Waals surface area contributed by atoms with Crippen LogP contribution in [0.3, 0.4) is 0 Å². The van der Waals surface area contributed by atoms with Crippen molar-refractivity contribution in [2.24, 2.45) is 39.8 Å². The van der Waals surface area contributed by atoms with Crippen LogP contribution in [0.4, 0.5) is 0 Å². The quantitative estimate of drug-likeness (QED) is 0.0237. The highest BCUT2D eigenvalue weighted by atomic mass is 16.4. The minimum Gasteiger partial charge on any atom is -0.481 e. The molecule has 23 heteroatoms. The fraction of sp³-hybridized carbons (Fsp3) is 0.561. The summed E-state index contributed by atoms with van der Waals surface area (Å²) in [5, 5.41) is 34.5. The summed E-state index contributed by atoms with van der Waals surface area (Å²) >= 11 is 0. The second-order valence-electron chi connectivity index (χ2n) is 16.2. The molecule has 0 spiro atoms. The molecule has 0 aliphatic rings. The second-order valence-corrected chi connectivity index (χ2v) is 16.2. The Hall–Kier alpha value is -6.78. The highest BCUT2D eigenvalue weighted by Gasteiger charge is 2.33. The second kappa shape index (κ2) is 26.6. The lowest BCUT2D eigenvalue weighted by atomic mass is 9.99. The Labute approximate surface area is 370 Å². The van der Waals surface area contributed by atoms with E-state index in [4.69, 9.17) is 28.0 Å². The van der Waals surface area contributed by atoms with E-state index >= 15 is 0 Å². The van der Waals surface area contributed by atoms with Crippen molar-refractivity contribution in [1.82, 2.24) is 36.9 Å². The maximum absolute atomic E-state index is 14.2. The molecule has 1 aromatic carbocycles. The fourth-order valence-electron chi connectivity index (χ4n) is 6.49. The first-order valence-electron chi connectivity index (χ1n) is 20.9. The minimum atomic E-state index is -1.40. The predicted octanol–water partition coefficient (Wildman–Crippen LogP) is -2.06. The maximum atomic E-state index is 14.2. The van der Waals surface area contributed by atoms with Gasteiger partial charge < -0.3 is 70.0 Å². The number of carbonyl (C=O) groups is 9. The van der Waals surface area contributed by atoms with E-state index in [0.717, 1.165) is 10.9 Å². The molecule has 7 amide bonds. The van der Waals surface area contributed by atoms with Crippen LogP contribution in [-0.4, -0.2) is 124 Å². The van der Waals surface area contributed by atoms with E-state index in [9.17, 15) is 48.3 Å². The Bertz CT molecular complexity index is 1980. The van der Waals surface area contributed by atoms with Gasteiger partial charge in [0.15, 0.2) is 5.96 Å². The number of carboxylic acids is 2. The first-order valence-corrected chi connectivity index (χ1v) is 20.9. The van der Waals surface area contributed by atoms with E-state index < -0.39 is 103 Å². The molecule has 1 aromatic heterocycles. The molecule has 64 heavy (non-hydrogen) atoms. The van der Waals surface area contributed by atoms with Gasteiger partial charge in [-0.2, -0.15) is 0 Å². The number of fused-ring (bicyclic) bond motifs is 1. The summed E-state index contributed by atoms with van der Waals surface area (Å²) in [6.07, 6.45) is 0.626. The van der Waals surface area contributed by atoms with E-state index in [1.54, 1.807) is 44.3 Å². The van der Waals surface area contributed by atoms with E-state index in [2.05, 4.69) is 41.9 Å². The number of carboxylic acid groups (broad SMARTS) is 2. The van der Waals surface area contributed by atoms with Crippen LogP contribution in [0, 0.1) is 11.8 Å². The summed E-state index contributed by atoms with van der Waals surface area (Å²) in [7, 11) is 0. The van der Waals surface area contributed by atoms with Gasteiger partial charge in [-0.15, -0.1) is 0 Å². The number of hydrogen-bond acceptors (Lipinski definition) is 11. The summed E-state index contributed by atoms with van der Waals surface area (Å²) in [6, 6.07) is -0.658. The normalized spacial score (nSPS) is 13.9. The average Bonchev–Trinajstić information content (AvgIpc) is 3.62. The number of nitrogens with two attached hydrogens (primary N) is 4. The Morgan fingerprint density at radius 1 is 0.672 bits per heavy atom. The number of primary amides is 1. The molecule has 0 saturated heterocycles. The van der Waals surface area contributed by atoms with Crippen LogP contribution < -0.4 is 54.8 Å². The minimum absolute atomic E-state index is 0.0440. The van der Waals surface area contributed by atoms with Crippen LogP contribution >= 0.6 is 0 Å². The number of para-hydroxylation sites is 1. The van der Waals surface area contributed by atoms with E-state index in [-0.39, 0.29) is 75.7 Å². The number of aliphatic imine (C=N–C) groups is 1. The summed E-state index contributed by atoms with van der Waals surface area (Å²) in [5.41, 5.74) is 23.3. The Balaban J connectivity index is 2.40. The summed E-state index contributed by atoms with van der Waals surface area (Å²) in [6.45, 7) is 6.55. The largest absolute Gasteiger partial charge is 0.481 e. The number of aliphatic carboxylic acids is 2. The van der Waals surface area contributed by atoms with E-state index in [1.807, 2.05) is 13.8 Å². The lowest BCUT2D eigenvalue weighted by Crippen LogP contribution is -2.58.